The zero-order valence-electron chi connectivity index (χ0n) is 7.82. The Morgan fingerprint density at radius 1 is 1.36 bits per heavy atom. The Balaban J connectivity index is 2.02. The van der Waals surface area contributed by atoms with Crippen molar-refractivity contribution >= 4 is 28.5 Å². The predicted molar refractivity (Wildman–Crippen MR) is 64.3 cm³/mol. The van der Waals surface area contributed by atoms with Gasteiger partial charge >= 0.3 is 0 Å². The number of carbonyl (C=O) groups is 1. The number of likely N-dealkylation sites (tertiary alicyclic amines) is 1. The number of amides is 1. The van der Waals surface area contributed by atoms with Crippen molar-refractivity contribution in [1.29, 1.82) is 0 Å². The van der Waals surface area contributed by atoms with Gasteiger partial charge in [-0.1, -0.05) is 52.9 Å². The fraction of sp³-hybridized carbons (Fsp3) is 0.364. The van der Waals surface area contributed by atoms with Gasteiger partial charge in [-0.2, -0.15) is 0 Å². The first-order valence-electron chi connectivity index (χ1n) is 4.74. The molecule has 1 atom stereocenters. The molecule has 0 radical (unpaired) electrons. The van der Waals surface area contributed by atoms with Crippen LogP contribution in [0.1, 0.15) is 12.0 Å². The van der Waals surface area contributed by atoms with Crippen LogP contribution in [-0.2, 0) is 11.3 Å². The van der Waals surface area contributed by atoms with Crippen molar-refractivity contribution in [1.82, 2.24) is 4.90 Å². The van der Waals surface area contributed by atoms with Gasteiger partial charge in [0.1, 0.15) is 0 Å². The number of rotatable bonds is 2. The maximum absolute atomic E-state index is 11.6. The van der Waals surface area contributed by atoms with Crippen LogP contribution in [0.15, 0.2) is 30.3 Å². The van der Waals surface area contributed by atoms with Crippen LogP contribution in [0, 0.1) is 0 Å². The lowest BCUT2D eigenvalue weighted by Gasteiger charge is -2.15. The van der Waals surface area contributed by atoms with Gasteiger partial charge in [0.25, 0.3) is 0 Å². The predicted octanol–water partition coefficient (Wildman–Crippen LogP) is 2.22. The van der Waals surface area contributed by atoms with Crippen LogP contribution in [0.3, 0.4) is 0 Å². The summed E-state index contributed by atoms with van der Waals surface area (Å²) < 4.78 is 0.191. The monoisotopic (exact) mass is 301 g/mol. The second-order valence-electron chi connectivity index (χ2n) is 3.50. The molecule has 1 aliphatic rings. The van der Waals surface area contributed by atoms with E-state index in [1.54, 1.807) is 0 Å². The lowest BCUT2D eigenvalue weighted by Crippen LogP contribution is -2.26. The van der Waals surface area contributed by atoms with Gasteiger partial charge in [0.05, 0.1) is 3.92 Å². The van der Waals surface area contributed by atoms with Crippen LogP contribution in [0.25, 0.3) is 0 Å². The summed E-state index contributed by atoms with van der Waals surface area (Å²) >= 11 is 2.22. The van der Waals surface area contributed by atoms with Gasteiger partial charge in [0.15, 0.2) is 0 Å². The van der Waals surface area contributed by atoms with Crippen LogP contribution in [0.2, 0.25) is 0 Å². The number of hydrogen-bond acceptors (Lipinski definition) is 1. The van der Waals surface area contributed by atoms with E-state index in [4.69, 9.17) is 0 Å². The first kappa shape index (κ1) is 9.96. The van der Waals surface area contributed by atoms with Crippen LogP contribution < -0.4 is 0 Å². The van der Waals surface area contributed by atoms with Crippen LogP contribution >= 0.6 is 22.6 Å². The SMILES string of the molecule is O=C1C(I)CCN1Cc1ccccc1. The minimum absolute atomic E-state index is 0.191. The quantitative estimate of drug-likeness (QED) is 0.606. The molecule has 1 fully saturated rings. The Morgan fingerprint density at radius 2 is 2.07 bits per heavy atom. The lowest BCUT2D eigenvalue weighted by molar-refractivity contribution is -0.127. The molecule has 1 unspecified atom stereocenters. The second-order valence-corrected chi connectivity index (χ2v) is 5.01. The molecule has 1 saturated heterocycles. The van der Waals surface area contributed by atoms with Gasteiger partial charge in [-0.3, -0.25) is 4.79 Å². The molecule has 14 heavy (non-hydrogen) atoms. The molecule has 1 aromatic rings. The van der Waals surface area contributed by atoms with Gasteiger partial charge in [-0.25, -0.2) is 0 Å². The van der Waals surface area contributed by atoms with Crippen LogP contribution in [0.5, 0.6) is 0 Å². The minimum atomic E-state index is 0.191. The summed E-state index contributed by atoms with van der Waals surface area (Å²) in [5.74, 6) is 0.287. The maximum Gasteiger partial charge on any atom is 0.235 e. The molecule has 3 heteroatoms. The maximum atomic E-state index is 11.6. The highest BCUT2D eigenvalue weighted by Gasteiger charge is 2.28. The molecule has 0 aliphatic carbocycles. The molecule has 0 saturated carbocycles. The Hall–Kier alpha value is -0.580. The van der Waals surface area contributed by atoms with Gasteiger partial charge < -0.3 is 4.90 Å². The van der Waals surface area contributed by atoms with Crippen molar-refractivity contribution < 1.29 is 4.79 Å². The first-order valence-corrected chi connectivity index (χ1v) is 5.99. The van der Waals surface area contributed by atoms with E-state index in [-0.39, 0.29) is 9.83 Å². The summed E-state index contributed by atoms with van der Waals surface area (Å²) in [4.78, 5) is 13.6. The van der Waals surface area contributed by atoms with Gasteiger partial charge in [0.2, 0.25) is 5.91 Å². The third kappa shape index (κ3) is 2.08. The standard InChI is InChI=1S/C11H12INO/c12-10-6-7-13(11(10)14)8-9-4-2-1-3-5-9/h1-5,10H,6-8H2. The molecule has 2 nitrogen and oxygen atoms in total. The molecule has 0 N–H and O–H groups in total. The number of halogens is 1. The number of benzene rings is 1. The van der Waals surface area contributed by atoms with E-state index < -0.39 is 0 Å². The average Bonchev–Trinajstić information content (AvgIpc) is 2.52. The zero-order valence-corrected chi connectivity index (χ0v) is 9.98. The van der Waals surface area contributed by atoms with E-state index in [9.17, 15) is 4.79 Å². The van der Waals surface area contributed by atoms with Crippen molar-refractivity contribution in [2.75, 3.05) is 6.54 Å². The van der Waals surface area contributed by atoms with E-state index in [1.165, 1.54) is 5.56 Å². The van der Waals surface area contributed by atoms with Crippen molar-refractivity contribution in [3.8, 4) is 0 Å². The molecule has 1 heterocycles. The average molecular weight is 301 g/mol. The van der Waals surface area contributed by atoms with Crippen LogP contribution in [0.4, 0.5) is 0 Å². The number of carbonyl (C=O) groups excluding carboxylic acids is 1. The van der Waals surface area contributed by atoms with E-state index in [2.05, 4.69) is 34.7 Å². The summed E-state index contributed by atoms with van der Waals surface area (Å²) in [7, 11) is 0. The minimum Gasteiger partial charge on any atom is -0.337 e. The van der Waals surface area contributed by atoms with Gasteiger partial charge in [-0.15, -0.1) is 0 Å². The molecule has 0 spiro atoms. The fourth-order valence-corrected chi connectivity index (χ4v) is 2.33. The molecule has 74 valence electrons. The highest BCUT2D eigenvalue weighted by atomic mass is 127. The highest BCUT2D eigenvalue weighted by molar-refractivity contribution is 14.1. The zero-order chi connectivity index (χ0) is 9.97. The van der Waals surface area contributed by atoms with Gasteiger partial charge in [0, 0.05) is 13.1 Å². The smallest absolute Gasteiger partial charge is 0.235 e. The number of alkyl halides is 1. The summed E-state index contributed by atoms with van der Waals surface area (Å²) in [5.41, 5.74) is 1.21. The Kier molecular flexibility index (Phi) is 3.05. The Labute approximate surface area is 97.4 Å². The Morgan fingerprint density at radius 3 is 2.64 bits per heavy atom. The van der Waals surface area contributed by atoms with E-state index in [0.29, 0.717) is 0 Å². The third-order valence-corrected chi connectivity index (χ3v) is 3.60. The van der Waals surface area contributed by atoms with E-state index in [1.807, 2.05) is 23.1 Å². The number of nitrogens with zero attached hydrogens (tertiary/aromatic N) is 1. The summed E-state index contributed by atoms with van der Waals surface area (Å²) in [6.45, 7) is 1.67. The van der Waals surface area contributed by atoms with Crippen molar-refractivity contribution in [3.05, 3.63) is 35.9 Å². The van der Waals surface area contributed by atoms with Gasteiger partial charge in [-0.05, 0) is 12.0 Å². The first-order chi connectivity index (χ1) is 6.77. The second kappa shape index (κ2) is 4.29. The molecule has 1 amide bonds. The molecule has 0 bridgehead atoms. The van der Waals surface area contributed by atoms with Crippen molar-refractivity contribution in [2.45, 2.75) is 16.9 Å². The largest absolute Gasteiger partial charge is 0.337 e. The lowest BCUT2D eigenvalue weighted by atomic mass is 10.2. The van der Waals surface area contributed by atoms with Crippen molar-refractivity contribution in [2.24, 2.45) is 0 Å². The summed E-state index contributed by atoms with van der Waals surface area (Å²) in [5, 5.41) is 0. The summed E-state index contributed by atoms with van der Waals surface area (Å²) in [6.07, 6.45) is 0.992. The molecular formula is C11H12INO. The molecule has 2 rings (SSSR count). The molecular weight excluding hydrogens is 289 g/mol. The third-order valence-electron chi connectivity index (χ3n) is 2.45. The molecule has 1 aromatic carbocycles. The number of hydrogen-bond donors (Lipinski definition) is 0. The van der Waals surface area contributed by atoms with Crippen LogP contribution in [-0.4, -0.2) is 21.3 Å². The van der Waals surface area contributed by atoms with E-state index >= 15 is 0 Å². The topological polar surface area (TPSA) is 20.3 Å². The van der Waals surface area contributed by atoms with E-state index in [0.717, 1.165) is 19.5 Å². The van der Waals surface area contributed by atoms with Crippen molar-refractivity contribution in [3.63, 3.8) is 0 Å². The molecule has 0 aromatic heterocycles. The summed E-state index contributed by atoms with van der Waals surface area (Å²) in [6, 6.07) is 10.1. The fourth-order valence-electron chi connectivity index (χ4n) is 1.66. The normalized spacial score (nSPS) is 21.6. The Bertz CT molecular complexity index is 325. The molecule has 1 aliphatic heterocycles. The highest BCUT2D eigenvalue weighted by Crippen LogP contribution is 2.20.